The third kappa shape index (κ3) is 11.4. The maximum atomic E-state index is 6.22. The van der Waals surface area contributed by atoms with E-state index in [1.165, 1.54) is 19.3 Å². The third-order valence-electron chi connectivity index (χ3n) is 4.86. The van der Waals surface area contributed by atoms with E-state index >= 15 is 0 Å². The van der Waals surface area contributed by atoms with Gasteiger partial charge in [-0.15, -0.1) is 0 Å². The number of nitrogens with zero attached hydrogens (tertiary/aromatic N) is 3. The second-order valence-corrected chi connectivity index (χ2v) is 11.5. The molecular weight excluding hydrogens is 330 g/mol. The number of hydrogen-bond donors (Lipinski definition) is 0. The molecule has 0 heterocycles. The first kappa shape index (κ1) is 25.0. The van der Waals surface area contributed by atoms with Gasteiger partial charge in [-0.1, -0.05) is 0 Å². The van der Waals surface area contributed by atoms with Gasteiger partial charge in [0.2, 0.25) is 0 Å². The maximum Gasteiger partial charge on any atom is 0.335 e. The van der Waals surface area contributed by atoms with Gasteiger partial charge in [0.05, 0.1) is 0 Å². The Morgan fingerprint density at radius 3 is 1.24 bits per heavy atom. The summed E-state index contributed by atoms with van der Waals surface area (Å²) in [6.45, 7) is 11.3. The zero-order chi connectivity index (χ0) is 19.5. The third-order valence-corrected chi connectivity index (χ3v) is 8.05. The largest absolute Gasteiger partial charge is 0.395 e. The Labute approximate surface area is 158 Å². The van der Waals surface area contributed by atoms with Gasteiger partial charge in [0.15, 0.2) is 0 Å². The summed E-state index contributed by atoms with van der Waals surface area (Å²) >= 11 is 0. The van der Waals surface area contributed by atoms with Crippen molar-refractivity contribution < 1.29 is 8.85 Å². The summed E-state index contributed by atoms with van der Waals surface area (Å²) in [6.07, 6.45) is 3.60. The van der Waals surface area contributed by atoms with Crippen molar-refractivity contribution in [1.29, 1.82) is 0 Å². The summed E-state index contributed by atoms with van der Waals surface area (Å²) in [4.78, 5) is 6.92. The smallest absolute Gasteiger partial charge is 0.335 e. The van der Waals surface area contributed by atoms with Gasteiger partial charge in [-0.05, 0) is 113 Å². The number of hydrogen-bond acceptors (Lipinski definition) is 5. The van der Waals surface area contributed by atoms with E-state index in [0.29, 0.717) is 0 Å². The molecule has 5 nitrogen and oxygen atoms in total. The molecule has 0 aliphatic heterocycles. The Bertz CT molecular complexity index is 301. The topological polar surface area (TPSA) is 28.2 Å². The molecular formula is C19H45N3O2Si. The fourth-order valence-corrected chi connectivity index (χ4v) is 6.86. The minimum absolute atomic E-state index is 0.268. The molecule has 0 unspecified atom stereocenters. The first-order valence-corrected chi connectivity index (χ1v) is 12.3. The molecule has 0 aromatic rings. The molecule has 0 aliphatic carbocycles. The van der Waals surface area contributed by atoms with Crippen molar-refractivity contribution in [2.24, 2.45) is 5.41 Å². The fraction of sp³-hybridized carbons (Fsp3) is 1.00. The molecule has 25 heavy (non-hydrogen) atoms. The van der Waals surface area contributed by atoms with E-state index in [0.717, 1.165) is 38.9 Å². The molecule has 0 fully saturated rings. The van der Waals surface area contributed by atoms with E-state index in [1.807, 2.05) is 0 Å². The normalized spacial score (nSPS) is 13.4. The van der Waals surface area contributed by atoms with E-state index in [9.17, 15) is 0 Å². The molecule has 0 aromatic heterocycles. The van der Waals surface area contributed by atoms with Crippen molar-refractivity contribution in [3.63, 3.8) is 0 Å². The van der Waals surface area contributed by atoms with Gasteiger partial charge in [0.1, 0.15) is 0 Å². The zero-order valence-corrected chi connectivity index (χ0v) is 19.5. The van der Waals surface area contributed by atoms with Gasteiger partial charge in [0.25, 0.3) is 0 Å². The molecule has 0 aromatic carbocycles. The van der Waals surface area contributed by atoms with Crippen molar-refractivity contribution in [1.82, 2.24) is 14.7 Å². The summed E-state index contributed by atoms with van der Waals surface area (Å²) in [7, 11) is 10.9. The number of rotatable bonds is 15. The predicted molar refractivity (Wildman–Crippen MR) is 112 cm³/mol. The van der Waals surface area contributed by atoms with E-state index in [1.54, 1.807) is 0 Å². The van der Waals surface area contributed by atoms with Crippen LogP contribution in [0.1, 0.15) is 33.1 Å². The summed E-state index contributed by atoms with van der Waals surface area (Å²) in [5.74, 6) is 0. The summed E-state index contributed by atoms with van der Waals surface area (Å²) in [5, 5.41) is 0. The lowest BCUT2D eigenvalue weighted by Gasteiger charge is -2.41. The van der Waals surface area contributed by atoms with E-state index in [4.69, 9.17) is 8.85 Å². The van der Waals surface area contributed by atoms with Crippen LogP contribution < -0.4 is 0 Å². The molecule has 6 heteroatoms. The lowest BCUT2D eigenvalue weighted by atomic mass is 9.79. The van der Waals surface area contributed by atoms with Crippen LogP contribution in [0.4, 0.5) is 0 Å². The molecule has 0 atom stereocenters. The van der Waals surface area contributed by atoms with Crippen LogP contribution in [0.3, 0.4) is 0 Å². The second kappa shape index (κ2) is 12.4. The lowest BCUT2D eigenvalue weighted by molar-refractivity contribution is 0.132. The Hall–Kier alpha value is 0.0169. The summed E-state index contributed by atoms with van der Waals surface area (Å²) < 4.78 is 12.4. The molecule has 0 saturated carbocycles. The second-order valence-electron chi connectivity index (χ2n) is 8.34. The standard InChI is InChI=1S/C19H45N3O2Si/c1-10-23-25(9,24-11-2)18-19(12-15-20(3)4,13-16-21(5)6)14-17-22(7)8/h10-18H2,1-9H3. The average Bonchev–Trinajstić information content (AvgIpc) is 2.49. The predicted octanol–water partition coefficient (Wildman–Crippen LogP) is 2.97. The van der Waals surface area contributed by atoms with Crippen molar-refractivity contribution >= 4 is 8.56 Å². The van der Waals surface area contributed by atoms with Crippen LogP contribution in [0.2, 0.25) is 12.6 Å². The summed E-state index contributed by atoms with van der Waals surface area (Å²) in [6, 6.07) is 1.08. The highest BCUT2D eigenvalue weighted by molar-refractivity contribution is 6.66. The molecule has 0 rings (SSSR count). The van der Waals surface area contributed by atoms with E-state index < -0.39 is 8.56 Å². The molecule has 0 radical (unpaired) electrons. The molecule has 0 aliphatic rings. The van der Waals surface area contributed by atoms with Crippen LogP contribution in [0.25, 0.3) is 0 Å². The van der Waals surface area contributed by atoms with Crippen molar-refractivity contribution in [2.75, 3.05) is 75.1 Å². The highest BCUT2D eigenvalue weighted by atomic mass is 28.4. The van der Waals surface area contributed by atoms with Crippen LogP contribution in [0.5, 0.6) is 0 Å². The van der Waals surface area contributed by atoms with Crippen molar-refractivity contribution in [2.45, 2.75) is 45.7 Å². The van der Waals surface area contributed by atoms with Gasteiger partial charge in [0, 0.05) is 13.2 Å². The molecule has 0 bridgehead atoms. The van der Waals surface area contributed by atoms with Crippen molar-refractivity contribution in [3.05, 3.63) is 0 Å². The molecule has 0 saturated heterocycles. The van der Waals surface area contributed by atoms with Gasteiger partial charge < -0.3 is 23.6 Å². The quantitative estimate of drug-likeness (QED) is 0.410. The van der Waals surface area contributed by atoms with Crippen molar-refractivity contribution in [3.8, 4) is 0 Å². The Balaban J connectivity index is 5.48. The first-order chi connectivity index (χ1) is 11.6. The van der Waals surface area contributed by atoms with E-state index in [2.05, 4.69) is 77.4 Å². The highest BCUT2D eigenvalue weighted by Crippen LogP contribution is 2.41. The van der Waals surface area contributed by atoms with Crippen LogP contribution >= 0.6 is 0 Å². The summed E-state index contributed by atoms with van der Waals surface area (Å²) in [5.41, 5.74) is 0.268. The molecule has 152 valence electrons. The zero-order valence-electron chi connectivity index (χ0n) is 18.5. The monoisotopic (exact) mass is 375 g/mol. The van der Waals surface area contributed by atoms with Crippen LogP contribution in [0, 0.1) is 5.41 Å². The molecule has 0 spiro atoms. The SMILES string of the molecule is CCO[Si](C)(CC(CCN(C)C)(CCN(C)C)CCN(C)C)OCC. The van der Waals surface area contributed by atoms with Crippen LogP contribution in [0.15, 0.2) is 0 Å². The Morgan fingerprint density at radius 2 is 1.00 bits per heavy atom. The first-order valence-electron chi connectivity index (χ1n) is 9.80. The van der Waals surface area contributed by atoms with Gasteiger partial charge >= 0.3 is 8.56 Å². The van der Waals surface area contributed by atoms with Crippen LogP contribution in [-0.2, 0) is 8.85 Å². The minimum Gasteiger partial charge on any atom is -0.395 e. The Kier molecular flexibility index (Phi) is 12.4. The Morgan fingerprint density at radius 1 is 0.680 bits per heavy atom. The fourth-order valence-electron chi connectivity index (χ4n) is 3.46. The maximum absolute atomic E-state index is 6.22. The van der Waals surface area contributed by atoms with Crippen LogP contribution in [-0.4, -0.2) is 98.4 Å². The molecule has 0 amide bonds. The molecule has 0 N–H and O–H groups in total. The van der Waals surface area contributed by atoms with Gasteiger partial charge in [-0.3, -0.25) is 0 Å². The average molecular weight is 376 g/mol. The lowest BCUT2D eigenvalue weighted by Crippen LogP contribution is -2.46. The van der Waals surface area contributed by atoms with Gasteiger partial charge in [-0.2, -0.15) is 0 Å². The minimum atomic E-state index is -2.16. The van der Waals surface area contributed by atoms with E-state index in [-0.39, 0.29) is 5.41 Å². The van der Waals surface area contributed by atoms with Gasteiger partial charge in [-0.25, -0.2) is 0 Å². The highest BCUT2D eigenvalue weighted by Gasteiger charge is 2.42.